The second-order valence-electron chi connectivity index (χ2n) is 3.21. The Bertz CT molecular complexity index is 476. The van der Waals surface area contributed by atoms with Crippen LogP contribution >= 0.6 is 22.6 Å². The summed E-state index contributed by atoms with van der Waals surface area (Å²) in [5.74, 6) is -2.08. The molecule has 1 aromatic rings. The fourth-order valence-electron chi connectivity index (χ4n) is 1.10. The van der Waals surface area contributed by atoms with Gasteiger partial charge in [-0.15, -0.1) is 0 Å². The minimum atomic E-state index is -0.843. The molecule has 0 saturated heterocycles. The number of carbonyl (C=O) groups is 3. The highest BCUT2D eigenvalue weighted by molar-refractivity contribution is 14.1. The van der Waals surface area contributed by atoms with E-state index in [0.717, 1.165) is 3.57 Å². The zero-order valence-electron chi connectivity index (χ0n) is 9.31. The lowest BCUT2D eigenvalue weighted by Crippen LogP contribution is -2.33. The third-order valence-electron chi connectivity index (χ3n) is 1.91. The number of halogens is 1. The van der Waals surface area contributed by atoms with Crippen molar-refractivity contribution in [1.29, 1.82) is 0 Å². The molecule has 0 unspecified atom stereocenters. The van der Waals surface area contributed by atoms with Gasteiger partial charge < -0.3 is 15.8 Å². The number of benzene rings is 1. The minimum Gasteiger partial charge on any atom is -0.391 e. The Morgan fingerprint density at radius 2 is 1.89 bits per heavy atom. The molecule has 1 aromatic carbocycles. The van der Waals surface area contributed by atoms with E-state index in [4.69, 9.17) is 5.73 Å². The average molecular weight is 362 g/mol. The van der Waals surface area contributed by atoms with Crippen molar-refractivity contribution in [2.45, 2.75) is 0 Å². The van der Waals surface area contributed by atoms with Crippen molar-refractivity contribution in [3.8, 4) is 0 Å². The first-order valence-corrected chi connectivity index (χ1v) is 6.08. The van der Waals surface area contributed by atoms with Crippen LogP contribution in [-0.4, -0.2) is 30.9 Å². The third-order valence-corrected chi connectivity index (χ3v) is 2.85. The molecule has 0 aromatic heterocycles. The highest BCUT2D eigenvalue weighted by atomic mass is 127. The van der Waals surface area contributed by atoms with Crippen molar-refractivity contribution >= 4 is 40.4 Å². The number of esters is 2. The Labute approximate surface area is 117 Å². The van der Waals surface area contributed by atoms with E-state index in [1.807, 2.05) is 22.6 Å². The Hall–Kier alpha value is -1.48. The molecule has 18 heavy (non-hydrogen) atoms. The Balaban J connectivity index is 2.50. The molecular formula is C11H11IN2O4. The van der Waals surface area contributed by atoms with Crippen LogP contribution in [0, 0.1) is 3.57 Å². The molecule has 96 valence electrons. The first-order chi connectivity index (χ1) is 8.54. The van der Waals surface area contributed by atoms with Crippen molar-refractivity contribution in [3.05, 3.63) is 33.4 Å². The summed E-state index contributed by atoms with van der Waals surface area (Å²) >= 11 is 2.01. The van der Waals surface area contributed by atoms with E-state index in [-0.39, 0.29) is 13.1 Å². The van der Waals surface area contributed by atoms with Gasteiger partial charge in [-0.3, -0.25) is 9.59 Å². The molecule has 0 radical (unpaired) electrons. The molecule has 7 heteroatoms. The van der Waals surface area contributed by atoms with Gasteiger partial charge in [-0.2, -0.15) is 0 Å². The zero-order valence-corrected chi connectivity index (χ0v) is 11.5. The number of ether oxygens (including phenoxy) is 1. The van der Waals surface area contributed by atoms with E-state index in [2.05, 4.69) is 10.1 Å². The van der Waals surface area contributed by atoms with E-state index in [1.165, 1.54) is 0 Å². The lowest BCUT2D eigenvalue weighted by Gasteiger charge is -2.06. The number of rotatable bonds is 4. The molecule has 1 amide bonds. The SMILES string of the molecule is NCC(=O)OC(=O)CNC(=O)c1ccccc1I. The maximum absolute atomic E-state index is 11.7. The summed E-state index contributed by atoms with van der Waals surface area (Å²) in [6, 6.07) is 6.92. The van der Waals surface area contributed by atoms with Gasteiger partial charge in [-0.25, -0.2) is 4.79 Å². The van der Waals surface area contributed by atoms with Gasteiger partial charge in [0.15, 0.2) is 0 Å². The van der Waals surface area contributed by atoms with E-state index in [0.29, 0.717) is 5.56 Å². The lowest BCUT2D eigenvalue weighted by atomic mass is 10.2. The largest absolute Gasteiger partial charge is 0.391 e. The van der Waals surface area contributed by atoms with Gasteiger partial charge in [0.25, 0.3) is 5.91 Å². The fourth-order valence-corrected chi connectivity index (χ4v) is 1.73. The number of amides is 1. The topological polar surface area (TPSA) is 98.5 Å². The van der Waals surface area contributed by atoms with Crippen molar-refractivity contribution in [2.24, 2.45) is 5.73 Å². The van der Waals surface area contributed by atoms with Crippen LogP contribution in [0.4, 0.5) is 0 Å². The van der Waals surface area contributed by atoms with E-state index in [9.17, 15) is 14.4 Å². The van der Waals surface area contributed by atoms with Crippen LogP contribution in [0.1, 0.15) is 10.4 Å². The van der Waals surface area contributed by atoms with E-state index in [1.54, 1.807) is 24.3 Å². The number of hydrogen-bond acceptors (Lipinski definition) is 5. The summed E-state index contributed by atoms with van der Waals surface area (Å²) in [5.41, 5.74) is 5.43. The van der Waals surface area contributed by atoms with Gasteiger partial charge >= 0.3 is 11.9 Å². The highest BCUT2D eigenvalue weighted by Gasteiger charge is 2.13. The molecule has 0 aliphatic carbocycles. The smallest absolute Gasteiger partial charge is 0.333 e. The Morgan fingerprint density at radius 3 is 2.50 bits per heavy atom. The van der Waals surface area contributed by atoms with Crippen LogP contribution in [0.25, 0.3) is 0 Å². The fraction of sp³-hybridized carbons (Fsp3) is 0.182. The van der Waals surface area contributed by atoms with Gasteiger partial charge in [-0.1, -0.05) is 12.1 Å². The molecule has 1 rings (SSSR count). The van der Waals surface area contributed by atoms with Crippen LogP contribution in [0.15, 0.2) is 24.3 Å². The monoisotopic (exact) mass is 362 g/mol. The van der Waals surface area contributed by atoms with Crippen LogP contribution in [0.2, 0.25) is 0 Å². The van der Waals surface area contributed by atoms with Gasteiger partial charge in [0.05, 0.1) is 12.1 Å². The summed E-state index contributed by atoms with van der Waals surface area (Å²) in [4.78, 5) is 33.5. The quantitative estimate of drug-likeness (QED) is 0.448. The number of nitrogens with one attached hydrogen (secondary N) is 1. The van der Waals surface area contributed by atoms with E-state index >= 15 is 0 Å². The van der Waals surface area contributed by atoms with Crippen LogP contribution in [0.3, 0.4) is 0 Å². The molecular weight excluding hydrogens is 351 g/mol. The van der Waals surface area contributed by atoms with Crippen LogP contribution < -0.4 is 11.1 Å². The van der Waals surface area contributed by atoms with Crippen molar-refractivity contribution in [3.63, 3.8) is 0 Å². The van der Waals surface area contributed by atoms with Gasteiger partial charge in [-0.05, 0) is 34.7 Å². The maximum atomic E-state index is 11.7. The predicted octanol–water partition coefficient (Wildman–Crippen LogP) is 0.0495. The third kappa shape index (κ3) is 4.41. The minimum absolute atomic E-state index is 0.379. The zero-order chi connectivity index (χ0) is 13.5. The van der Waals surface area contributed by atoms with Crippen LogP contribution in [0.5, 0.6) is 0 Å². The van der Waals surface area contributed by atoms with Gasteiger partial charge in [0, 0.05) is 3.57 Å². The summed E-state index contributed by atoms with van der Waals surface area (Å²) in [5, 5.41) is 2.36. The first-order valence-electron chi connectivity index (χ1n) is 5.01. The van der Waals surface area contributed by atoms with Crippen molar-refractivity contribution in [1.82, 2.24) is 5.32 Å². The van der Waals surface area contributed by atoms with Crippen molar-refractivity contribution in [2.75, 3.05) is 13.1 Å². The molecule has 3 N–H and O–H groups in total. The molecule has 0 atom stereocenters. The molecule has 0 aliphatic rings. The van der Waals surface area contributed by atoms with Gasteiger partial charge in [0.1, 0.15) is 6.54 Å². The normalized spacial score (nSPS) is 9.67. The summed E-state index contributed by atoms with van der Waals surface area (Å²) in [6.07, 6.45) is 0. The number of nitrogens with two attached hydrogens (primary N) is 1. The number of hydrogen-bond donors (Lipinski definition) is 2. The predicted molar refractivity (Wildman–Crippen MR) is 71.6 cm³/mol. The highest BCUT2D eigenvalue weighted by Crippen LogP contribution is 2.10. The summed E-state index contributed by atoms with van der Waals surface area (Å²) < 4.78 is 5.06. The van der Waals surface area contributed by atoms with Gasteiger partial charge in [0.2, 0.25) is 0 Å². The van der Waals surface area contributed by atoms with Crippen molar-refractivity contribution < 1.29 is 19.1 Å². The molecule has 0 aliphatic heterocycles. The van der Waals surface area contributed by atoms with Crippen LogP contribution in [-0.2, 0) is 14.3 Å². The molecule has 6 nitrogen and oxygen atoms in total. The molecule has 0 saturated carbocycles. The second-order valence-corrected chi connectivity index (χ2v) is 4.37. The summed E-state index contributed by atoms with van der Waals surface area (Å²) in [6.45, 7) is -0.758. The maximum Gasteiger partial charge on any atom is 0.333 e. The van der Waals surface area contributed by atoms with E-state index < -0.39 is 17.8 Å². The first kappa shape index (κ1) is 14.6. The summed E-state index contributed by atoms with van der Waals surface area (Å²) in [7, 11) is 0. The standard InChI is InChI=1S/C11H11IN2O4/c12-8-4-2-1-3-7(8)11(17)14-6-10(16)18-9(15)5-13/h1-4H,5-6,13H2,(H,14,17). The number of carbonyl (C=O) groups excluding carboxylic acids is 3. The Kier molecular flexibility index (Phi) is 5.72. The molecule has 0 fully saturated rings. The lowest BCUT2D eigenvalue weighted by molar-refractivity contribution is -0.157. The molecule has 0 heterocycles. The molecule has 0 spiro atoms. The average Bonchev–Trinajstić information content (AvgIpc) is 2.36. The Morgan fingerprint density at radius 1 is 1.22 bits per heavy atom. The molecule has 0 bridgehead atoms. The second kappa shape index (κ2) is 7.07.